The molecular formula is C11H12F2N2O. The molecule has 0 spiro atoms. The van der Waals surface area contributed by atoms with Crippen LogP contribution in [0.1, 0.15) is 12.8 Å². The molecule has 0 radical (unpaired) electrons. The van der Waals surface area contributed by atoms with Crippen LogP contribution in [-0.2, 0) is 4.79 Å². The van der Waals surface area contributed by atoms with Crippen LogP contribution in [0.3, 0.4) is 0 Å². The van der Waals surface area contributed by atoms with Gasteiger partial charge in [0.05, 0.1) is 11.1 Å². The Labute approximate surface area is 91.6 Å². The van der Waals surface area contributed by atoms with Crippen molar-refractivity contribution in [3.8, 4) is 0 Å². The monoisotopic (exact) mass is 226 g/mol. The van der Waals surface area contributed by atoms with Crippen LogP contribution in [0.4, 0.5) is 14.5 Å². The van der Waals surface area contributed by atoms with Gasteiger partial charge in [-0.25, -0.2) is 8.78 Å². The van der Waals surface area contributed by atoms with E-state index in [4.69, 9.17) is 5.73 Å². The number of hydrogen-bond acceptors (Lipinski definition) is 2. The van der Waals surface area contributed by atoms with E-state index in [1.807, 2.05) is 0 Å². The van der Waals surface area contributed by atoms with Gasteiger partial charge in [0.1, 0.15) is 11.6 Å². The van der Waals surface area contributed by atoms with Crippen molar-refractivity contribution in [2.24, 2.45) is 11.1 Å². The molecule has 1 aromatic rings. The second kappa shape index (κ2) is 3.83. The van der Waals surface area contributed by atoms with E-state index < -0.39 is 17.0 Å². The van der Waals surface area contributed by atoms with E-state index >= 15 is 0 Å². The minimum absolute atomic E-state index is 0.135. The normalized spacial score (nSPS) is 16.9. The third-order valence-corrected chi connectivity index (χ3v) is 2.90. The number of carbonyl (C=O) groups is 1. The lowest BCUT2D eigenvalue weighted by atomic mass is 10.1. The molecule has 3 N–H and O–H groups in total. The summed E-state index contributed by atoms with van der Waals surface area (Å²) in [7, 11) is 0. The Kier molecular flexibility index (Phi) is 2.63. The zero-order valence-electron chi connectivity index (χ0n) is 8.59. The molecule has 16 heavy (non-hydrogen) atoms. The highest BCUT2D eigenvalue weighted by Crippen LogP contribution is 2.45. The maximum atomic E-state index is 13.2. The van der Waals surface area contributed by atoms with Crippen LogP contribution in [0.2, 0.25) is 0 Å². The van der Waals surface area contributed by atoms with E-state index in [1.54, 1.807) is 0 Å². The van der Waals surface area contributed by atoms with Gasteiger partial charge in [0.2, 0.25) is 5.91 Å². The van der Waals surface area contributed by atoms with Gasteiger partial charge in [0.15, 0.2) is 0 Å². The third-order valence-electron chi connectivity index (χ3n) is 2.90. The molecule has 0 unspecified atom stereocenters. The van der Waals surface area contributed by atoms with Crippen molar-refractivity contribution >= 4 is 11.6 Å². The molecule has 1 aliphatic carbocycles. The Bertz CT molecular complexity index is 430. The predicted molar refractivity (Wildman–Crippen MR) is 55.7 cm³/mol. The molecule has 1 aromatic carbocycles. The highest BCUT2D eigenvalue weighted by Gasteiger charge is 2.48. The van der Waals surface area contributed by atoms with Gasteiger partial charge in [-0.15, -0.1) is 0 Å². The molecular weight excluding hydrogens is 214 g/mol. The summed E-state index contributed by atoms with van der Waals surface area (Å²) in [4.78, 5) is 11.7. The van der Waals surface area contributed by atoms with E-state index in [0.29, 0.717) is 12.8 Å². The minimum atomic E-state index is -0.650. The lowest BCUT2D eigenvalue weighted by Gasteiger charge is -2.13. The number of nitrogens with one attached hydrogen (secondary N) is 1. The van der Waals surface area contributed by atoms with Crippen molar-refractivity contribution in [1.29, 1.82) is 0 Å². The third kappa shape index (κ3) is 1.90. The average molecular weight is 226 g/mol. The fraction of sp³-hybridized carbons (Fsp3) is 0.364. The van der Waals surface area contributed by atoms with Crippen LogP contribution in [0, 0.1) is 17.0 Å². The van der Waals surface area contributed by atoms with Crippen LogP contribution < -0.4 is 11.1 Å². The Hall–Kier alpha value is -1.49. The molecule has 1 amide bonds. The maximum Gasteiger partial charge on any atom is 0.231 e. The first kappa shape index (κ1) is 11.0. The van der Waals surface area contributed by atoms with Gasteiger partial charge in [0.25, 0.3) is 0 Å². The summed E-state index contributed by atoms with van der Waals surface area (Å²) in [5.41, 5.74) is 4.76. The molecule has 0 bridgehead atoms. The van der Waals surface area contributed by atoms with Crippen LogP contribution in [0.25, 0.3) is 0 Å². The number of amides is 1. The Balaban J connectivity index is 2.15. The zero-order valence-corrected chi connectivity index (χ0v) is 8.59. The van der Waals surface area contributed by atoms with E-state index in [1.165, 1.54) is 0 Å². The minimum Gasteiger partial charge on any atom is -0.329 e. The van der Waals surface area contributed by atoms with Crippen LogP contribution in [-0.4, -0.2) is 12.5 Å². The lowest BCUT2D eigenvalue weighted by Crippen LogP contribution is -2.31. The number of nitrogens with two attached hydrogens (primary N) is 1. The Morgan fingerprint density at radius 3 is 2.69 bits per heavy atom. The number of halogens is 2. The molecule has 0 aliphatic heterocycles. The number of rotatable bonds is 3. The maximum absolute atomic E-state index is 13.2. The summed E-state index contributed by atoms with van der Waals surface area (Å²) in [5.74, 6) is -1.57. The summed E-state index contributed by atoms with van der Waals surface area (Å²) in [6, 6.07) is 2.94. The average Bonchev–Trinajstić information content (AvgIpc) is 3.04. The van der Waals surface area contributed by atoms with Crippen LogP contribution in [0.5, 0.6) is 0 Å². The second-order valence-corrected chi connectivity index (χ2v) is 4.06. The highest BCUT2D eigenvalue weighted by molar-refractivity contribution is 5.97. The molecule has 86 valence electrons. The topological polar surface area (TPSA) is 55.1 Å². The van der Waals surface area contributed by atoms with Crippen molar-refractivity contribution in [3.63, 3.8) is 0 Å². The second-order valence-electron chi connectivity index (χ2n) is 4.06. The Morgan fingerprint density at radius 1 is 1.44 bits per heavy atom. The number of anilines is 1. The van der Waals surface area contributed by atoms with Crippen molar-refractivity contribution in [1.82, 2.24) is 0 Å². The predicted octanol–water partition coefficient (Wildman–Crippen LogP) is 1.64. The number of benzene rings is 1. The molecule has 1 fully saturated rings. The van der Waals surface area contributed by atoms with Gasteiger partial charge in [-0.2, -0.15) is 0 Å². The molecule has 0 heterocycles. The van der Waals surface area contributed by atoms with E-state index in [0.717, 1.165) is 18.2 Å². The molecule has 3 nitrogen and oxygen atoms in total. The van der Waals surface area contributed by atoms with E-state index in [-0.39, 0.29) is 18.1 Å². The zero-order chi connectivity index (χ0) is 11.8. The van der Waals surface area contributed by atoms with Crippen molar-refractivity contribution < 1.29 is 13.6 Å². The van der Waals surface area contributed by atoms with E-state index in [2.05, 4.69) is 5.32 Å². The fourth-order valence-corrected chi connectivity index (χ4v) is 1.52. The van der Waals surface area contributed by atoms with Crippen LogP contribution in [0.15, 0.2) is 18.2 Å². The molecule has 1 aliphatic rings. The molecule has 0 saturated heterocycles. The first-order chi connectivity index (χ1) is 7.57. The van der Waals surface area contributed by atoms with Gasteiger partial charge in [-0.3, -0.25) is 4.79 Å². The van der Waals surface area contributed by atoms with Gasteiger partial charge >= 0.3 is 0 Å². The van der Waals surface area contributed by atoms with Gasteiger partial charge in [0, 0.05) is 12.6 Å². The van der Waals surface area contributed by atoms with Gasteiger partial charge in [-0.1, -0.05) is 0 Å². The lowest BCUT2D eigenvalue weighted by molar-refractivity contribution is -0.120. The van der Waals surface area contributed by atoms with Crippen molar-refractivity contribution in [2.75, 3.05) is 11.9 Å². The van der Waals surface area contributed by atoms with Gasteiger partial charge < -0.3 is 11.1 Å². The first-order valence-corrected chi connectivity index (χ1v) is 5.04. The van der Waals surface area contributed by atoms with Crippen molar-refractivity contribution in [2.45, 2.75) is 12.8 Å². The summed E-state index contributed by atoms with van der Waals surface area (Å²) in [6.45, 7) is 0.232. The van der Waals surface area contributed by atoms with Crippen molar-refractivity contribution in [3.05, 3.63) is 29.8 Å². The molecule has 5 heteroatoms. The number of carbonyl (C=O) groups excluding carboxylic acids is 1. The summed E-state index contributed by atoms with van der Waals surface area (Å²) in [6.07, 6.45) is 1.40. The molecule has 0 atom stereocenters. The fourth-order valence-electron chi connectivity index (χ4n) is 1.52. The quantitative estimate of drug-likeness (QED) is 0.823. The number of hydrogen-bond donors (Lipinski definition) is 2. The molecule has 2 rings (SSSR count). The van der Waals surface area contributed by atoms with E-state index in [9.17, 15) is 13.6 Å². The smallest absolute Gasteiger partial charge is 0.231 e. The highest BCUT2D eigenvalue weighted by atomic mass is 19.1. The van der Waals surface area contributed by atoms with Crippen LogP contribution >= 0.6 is 0 Å². The summed E-state index contributed by atoms with van der Waals surface area (Å²) >= 11 is 0. The largest absolute Gasteiger partial charge is 0.329 e. The standard InChI is InChI=1S/C11H12F2N2O/c12-7-1-2-8(13)9(5-7)15-10(16)11(6-14)3-4-11/h1-2,5H,3-4,6,14H2,(H,15,16). The van der Waals surface area contributed by atoms with Gasteiger partial charge in [-0.05, 0) is 25.0 Å². The SMILES string of the molecule is NCC1(C(=O)Nc2cc(F)ccc2F)CC1. The molecule has 1 saturated carbocycles. The first-order valence-electron chi connectivity index (χ1n) is 5.04. The Morgan fingerprint density at radius 2 is 2.12 bits per heavy atom. The molecule has 0 aromatic heterocycles. The summed E-state index contributed by atoms with van der Waals surface area (Å²) < 4.78 is 26.1. The summed E-state index contributed by atoms with van der Waals surface area (Å²) in [5, 5.41) is 2.37.